The molecule has 3 aromatic heterocycles. The lowest BCUT2D eigenvalue weighted by Gasteiger charge is -2.05. The van der Waals surface area contributed by atoms with Gasteiger partial charge in [0.1, 0.15) is 5.69 Å². The van der Waals surface area contributed by atoms with Gasteiger partial charge in [-0.15, -0.1) is 0 Å². The molecule has 0 fully saturated rings. The van der Waals surface area contributed by atoms with E-state index in [0.717, 1.165) is 33.5 Å². The number of H-pyrrole nitrogens is 2. The number of aromatic amines is 2. The van der Waals surface area contributed by atoms with Crippen LogP contribution in [0.1, 0.15) is 0 Å². The van der Waals surface area contributed by atoms with Crippen LogP contribution in [-0.4, -0.2) is 20.2 Å². The van der Waals surface area contributed by atoms with Crippen molar-refractivity contribution in [1.29, 1.82) is 0 Å². The number of nitrogens with one attached hydrogen (secondary N) is 2. The molecule has 124 valence electrons. The molecule has 3 heterocycles. The molecule has 4 heteroatoms. The number of pyridine rings is 1. The topological polar surface area (TPSA) is 57.4 Å². The summed E-state index contributed by atoms with van der Waals surface area (Å²) in [5.74, 6) is 0. The summed E-state index contributed by atoms with van der Waals surface area (Å²) in [6, 6.07) is 25.1. The lowest BCUT2D eigenvalue weighted by Crippen LogP contribution is -1.84. The normalized spacial score (nSPS) is 11.1. The van der Waals surface area contributed by atoms with Crippen LogP contribution in [0.25, 0.3) is 44.7 Å². The second kappa shape index (κ2) is 6.01. The maximum absolute atomic E-state index is 4.54. The van der Waals surface area contributed by atoms with E-state index in [1.54, 1.807) is 0 Å². The molecule has 2 aromatic carbocycles. The van der Waals surface area contributed by atoms with Gasteiger partial charge in [-0.05, 0) is 34.9 Å². The van der Waals surface area contributed by atoms with Gasteiger partial charge in [0.05, 0.1) is 5.69 Å². The molecule has 0 saturated heterocycles. The largest absolute Gasteiger partial charge is 0.360 e. The SMILES string of the molecule is c1ccc(-c2ccc(-c3cnc4[nH]nc(-c5ccc[nH]5)c4c3)cc2)cc1. The molecule has 0 aliphatic heterocycles. The third-order valence-corrected chi connectivity index (χ3v) is 4.59. The Hall–Kier alpha value is -3.66. The minimum atomic E-state index is 0.791. The van der Waals surface area contributed by atoms with Crippen LogP contribution >= 0.6 is 0 Å². The highest BCUT2D eigenvalue weighted by Gasteiger charge is 2.11. The first kappa shape index (κ1) is 14.7. The molecule has 0 aliphatic rings. The van der Waals surface area contributed by atoms with E-state index in [2.05, 4.69) is 74.8 Å². The molecule has 0 radical (unpaired) electrons. The van der Waals surface area contributed by atoms with Crippen LogP contribution in [0.5, 0.6) is 0 Å². The Morgan fingerprint density at radius 3 is 2.15 bits per heavy atom. The van der Waals surface area contributed by atoms with Gasteiger partial charge in [0, 0.05) is 23.3 Å². The standard InChI is InChI=1S/C22H16N4/c1-2-5-15(6-3-1)16-8-10-17(11-9-16)18-13-19-21(20-7-4-12-23-20)25-26-22(19)24-14-18/h1-14,23H,(H,24,25,26). The summed E-state index contributed by atoms with van der Waals surface area (Å²) in [5.41, 5.74) is 7.30. The van der Waals surface area contributed by atoms with Gasteiger partial charge < -0.3 is 4.98 Å². The molecule has 0 aliphatic carbocycles. The van der Waals surface area contributed by atoms with Crippen LogP contribution in [0.2, 0.25) is 0 Å². The lowest BCUT2D eigenvalue weighted by molar-refractivity contribution is 1.10. The zero-order valence-corrected chi connectivity index (χ0v) is 14.0. The molecule has 26 heavy (non-hydrogen) atoms. The quantitative estimate of drug-likeness (QED) is 0.470. The Labute approximate surface area is 150 Å². The summed E-state index contributed by atoms with van der Waals surface area (Å²) in [4.78, 5) is 7.74. The molecule has 0 saturated carbocycles. The summed E-state index contributed by atoms with van der Waals surface area (Å²) in [5, 5.41) is 8.42. The number of aromatic nitrogens is 4. The van der Waals surface area contributed by atoms with Gasteiger partial charge in [0.25, 0.3) is 0 Å². The van der Waals surface area contributed by atoms with Crippen LogP contribution in [-0.2, 0) is 0 Å². The number of hydrogen-bond acceptors (Lipinski definition) is 2. The molecular weight excluding hydrogens is 320 g/mol. The second-order valence-corrected chi connectivity index (χ2v) is 6.22. The average molecular weight is 336 g/mol. The van der Waals surface area contributed by atoms with Crippen LogP contribution in [0, 0.1) is 0 Å². The van der Waals surface area contributed by atoms with E-state index >= 15 is 0 Å². The van der Waals surface area contributed by atoms with Gasteiger partial charge in [-0.2, -0.15) is 5.10 Å². The summed E-state index contributed by atoms with van der Waals surface area (Å²) in [7, 11) is 0. The predicted molar refractivity (Wildman–Crippen MR) is 105 cm³/mol. The first-order chi connectivity index (χ1) is 12.9. The first-order valence-corrected chi connectivity index (χ1v) is 8.52. The lowest BCUT2D eigenvalue weighted by atomic mass is 10.0. The number of rotatable bonds is 3. The number of nitrogens with zero attached hydrogens (tertiary/aromatic N) is 2. The van der Waals surface area contributed by atoms with E-state index in [1.807, 2.05) is 30.6 Å². The van der Waals surface area contributed by atoms with Crippen molar-refractivity contribution in [3.05, 3.63) is 85.2 Å². The summed E-state index contributed by atoms with van der Waals surface area (Å²) in [6.45, 7) is 0. The van der Waals surface area contributed by atoms with Crippen LogP contribution < -0.4 is 0 Å². The fraction of sp³-hybridized carbons (Fsp3) is 0. The molecular formula is C22H16N4. The molecule has 2 N–H and O–H groups in total. The third-order valence-electron chi connectivity index (χ3n) is 4.59. The van der Waals surface area contributed by atoms with Crippen molar-refractivity contribution < 1.29 is 0 Å². The van der Waals surface area contributed by atoms with Crippen molar-refractivity contribution >= 4 is 11.0 Å². The molecule has 5 aromatic rings. The van der Waals surface area contributed by atoms with E-state index in [4.69, 9.17) is 0 Å². The van der Waals surface area contributed by atoms with Gasteiger partial charge in [-0.3, -0.25) is 5.10 Å². The Bertz CT molecular complexity index is 1150. The van der Waals surface area contributed by atoms with Gasteiger partial charge in [-0.1, -0.05) is 54.6 Å². The summed E-state index contributed by atoms with van der Waals surface area (Å²) >= 11 is 0. The first-order valence-electron chi connectivity index (χ1n) is 8.52. The second-order valence-electron chi connectivity index (χ2n) is 6.22. The highest BCUT2D eigenvalue weighted by Crippen LogP contribution is 2.29. The Kier molecular flexibility index (Phi) is 3.39. The molecule has 0 bridgehead atoms. The van der Waals surface area contributed by atoms with Crippen molar-refractivity contribution in [2.24, 2.45) is 0 Å². The van der Waals surface area contributed by atoms with Crippen molar-refractivity contribution in [2.45, 2.75) is 0 Å². The Morgan fingerprint density at radius 2 is 1.42 bits per heavy atom. The zero-order valence-electron chi connectivity index (χ0n) is 14.0. The maximum Gasteiger partial charge on any atom is 0.155 e. The molecule has 0 amide bonds. The number of benzene rings is 2. The predicted octanol–water partition coefficient (Wildman–Crippen LogP) is 5.29. The minimum absolute atomic E-state index is 0.791. The zero-order chi connectivity index (χ0) is 17.3. The van der Waals surface area contributed by atoms with E-state index in [9.17, 15) is 0 Å². The monoisotopic (exact) mass is 336 g/mol. The van der Waals surface area contributed by atoms with Crippen LogP contribution in [0.3, 0.4) is 0 Å². The van der Waals surface area contributed by atoms with Crippen molar-refractivity contribution in [2.75, 3.05) is 0 Å². The molecule has 0 spiro atoms. The van der Waals surface area contributed by atoms with E-state index in [-0.39, 0.29) is 0 Å². The Morgan fingerprint density at radius 1 is 0.692 bits per heavy atom. The molecule has 0 unspecified atom stereocenters. The van der Waals surface area contributed by atoms with Crippen molar-refractivity contribution in [1.82, 2.24) is 20.2 Å². The third kappa shape index (κ3) is 2.48. The fourth-order valence-electron chi connectivity index (χ4n) is 3.23. The number of hydrogen-bond donors (Lipinski definition) is 2. The summed E-state index contributed by atoms with van der Waals surface area (Å²) < 4.78 is 0. The average Bonchev–Trinajstić information content (AvgIpc) is 3.38. The molecule has 4 nitrogen and oxygen atoms in total. The summed E-state index contributed by atoms with van der Waals surface area (Å²) in [6.07, 6.45) is 3.78. The smallest absolute Gasteiger partial charge is 0.155 e. The van der Waals surface area contributed by atoms with Crippen LogP contribution in [0.15, 0.2) is 85.2 Å². The molecule has 5 rings (SSSR count). The molecule has 0 atom stereocenters. The maximum atomic E-state index is 4.54. The van der Waals surface area contributed by atoms with Crippen LogP contribution in [0.4, 0.5) is 0 Å². The number of fused-ring (bicyclic) bond motifs is 1. The van der Waals surface area contributed by atoms with Crippen molar-refractivity contribution in [3.63, 3.8) is 0 Å². The van der Waals surface area contributed by atoms with E-state index < -0.39 is 0 Å². The van der Waals surface area contributed by atoms with E-state index in [1.165, 1.54) is 11.1 Å². The van der Waals surface area contributed by atoms with Gasteiger partial charge >= 0.3 is 0 Å². The fourth-order valence-corrected chi connectivity index (χ4v) is 3.23. The van der Waals surface area contributed by atoms with Crippen molar-refractivity contribution in [3.8, 4) is 33.6 Å². The highest BCUT2D eigenvalue weighted by atomic mass is 15.2. The van der Waals surface area contributed by atoms with Gasteiger partial charge in [-0.25, -0.2) is 4.98 Å². The van der Waals surface area contributed by atoms with E-state index in [0.29, 0.717) is 0 Å². The van der Waals surface area contributed by atoms with Gasteiger partial charge in [0.2, 0.25) is 0 Å². The van der Waals surface area contributed by atoms with Gasteiger partial charge in [0.15, 0.2) is 5.65 Å². The highest BCUT2D eigenvalue weighted by molar-refractivity contribution is 5.92. The minimum Gasteiger partial charge on any atom is -0.360 e. The Balaban J connectivity index is 1.56.